The number of hydrogen-bond donors (Lipinski definition) is 1. The average Bonchev–Trinajstić information content (AvgIpc) is 2.90. The fourth-order valence-corrected chi connectivity index (χ4v) is 2.21. The van der Waals surface area contributed by atoms with Gasteiger partial charge in [-0.1, -0.05) is 0 Å². The fraction of sp³-hybridized carbons (Fsp3) is 0.667. The first-order valence-corrected chi connectivity index (χ1v) is 5.78. The highest BCUT2D eigenvalue weighted by molar-refractivity contribution is 5.10. The largest absolute Gasteiger partial charge is 0.465 e. The second kappa shape index (κ2) is 4.99. The maximum atomic E-state index is 5.84. The van der Waals surface area contributed by atoms with Crippen LogP contribution in [0.3, 0.4) is 0 Å². The molecular weight excluding hydrogens is 204 g/mol. The number of nitrogens with zero attached hydrogens (tertiary/aromatic N) is 1. The van der Waals surface area contributed by atoms with Gasteiger partial charge in [-0.25, -0.2) is 0 Å². The Bertz CT molecular complexity index is 332. The van der Waals surface area contributed by atoms with Gasteiger partial charge in [0.05, 0.1) is 12.6 Å². The van der Waals surface area contributed by atoms with E-state index in [2.05, 4.69) is 11.9 Å². The van der Waals surface area contributed by atoms with Crippen molar-refractivity contribution in [3.8, 4) is 0 Å². The zero-order chi connectivity index (χ0) is 11.5. The van der Waals surface area contributed by atoms with Gasteiger partial charge in [0.2, 0.25) is 0 Å². The predicted octanol–water partition coefficient (Wildman–Crippen LogP) is 1.31. The molecule has 1 fully saturated rings. The average molecular weight is 224 g/mol. The molecule has 2 N–H and O–H groups in total. The van der Waals surface area contributed by atoms with Crippen LogP contribution in [0.5, 0.6) is 0 Å². The maximum absolute atomic E-state index is 5.84. The van der Waals surface area contributed by atoms with Gasteiger partial charge in [-0.3, -0.25) is 4.90 Å². The number of rotatable bonds is 4. The molecule has 1 aliphatic rings. The van der Waals surface area contributed by atoms with Crippen molar-refractivity contribution in [1.29, 1.82) is 0 Å². The standard InChI is InChI=1S/C12H20N2O2/c1-9-3-4-12(16-9)11(7-13)14(2)10-5-6-15-8-10/h3-4,10-11H,5-8,13H2,1-2H3. The molecule has 90 valence electrons. The van der Waals surface area contributed by atoms with E-state index in [-0.39, 0.29) is 6.04 Å². The van der Waals surface area contributed by atoms with E-state index in [1.807, 2.05) is 19.1 Å². The Kier molecular flexibility index (Phi) is 3.63. The molecule has 0 aliphatic carbocycles. The van der Waals surface area contributed by atoms with E-state index in [0.29, 0.717) is 12.6 Å². The van der Waals surface area contributed by atoms with Crippen molar-refractivity contribution >= 4 is 0 Å². The summed E-state index contributed by atoms with van der Waals surface area (Å²) in [6, 6.07) is 4.61. The highest BCUT2D eigenvalue weighted by Crippen LogP contribution is 2.25. The Morgan fingerprint density at radius 3 is 2.88 bits per heavy atom. The highest BCUT2D eigenvalue weighted by Gasteiger charge is 2.28. The molecule has 2 unspecified atom stereocenters. The molecule has 1 aromatic heterocycles. The van der Waals surface area contributed by atoms with E-state index in [0.717, 1.165) is 31.2 Å². The van der Waals surface area contributed by atoms with Gasteiger partial charge in [0.25, 0.3) is 0 Å². The van der Waals surface area contributed by atoms with Gasteiger partial charge in [0.1, 0.15) is 11.5 Å². The molecule has 1 aromatic rings. The topological polar surface area (TPSA) is 51.6 Å². The number of aryl methyl sites for hydroxylation is 1. The van der Waals surface area contributed by atoms with Crippen molar-refractivity contribution in [1.82, 2.24) is 4.90 Å². The summed E-state index contributed by atoms with van der Waals surface area (Å²) in [6.07, 6.45) is 1.08. The number of nitrogens with two attached hydrogens (primary N) is 1. The lowest BCUT2D eigenvalue weighted by Crippen LogP contribution is -2.38. The van der Waals surface area contributed by atoms with Crippen molar-refractivity contribution in [2.24, 2.45) is 5.73 Å². The van der Waals surface area contributed by atoms with E-state index in [1.165, 1.54) is 0 Å². The first kappa shape index (κ1) is 11.6. The molecule has 4 heteroatoms. The van der Waals surface area contributed by atoms with Crippen LogP contribution >= 0.6 is 0 Å². The third-order valence-electron chi connectivity index (χ3n) is 3.29. The summed E-state index contributed by atoms with van der Waals surface area (Å²) in [6.45, 7) is 4.17. The summed E-state index contributed by atoms with van der Waals surface area (Å²) in [5.74, 6) is 1.89. The molecule has 2 rings (SSSR count). The van der Waals surface area contributed by atoms with E-state index in [4.69, 9.17) is 14.9 Å². The monoisotopic (exact) mass is 224 g/mol. The normalized spacial score (nSPS) is 22.9. The molecule has 0 bridgehead atoms. The first-order valence-electron chi connectivity index (χ1n) is 5.78. The first-order chi connectivity index (χ1) is 7.72. The highest BCUT2D eigenvalue weighted by atomic mass is 16.5. The van der Waals surface area contributed by atoms with Crippen LogP contribution in [0, 0.1) is 6.92 Å². The van der Waals surface area contributed by atoms with Crippen molar-refractivity contribution < 1.29 is 9.15 Å². The van der Waals surface area contributed by atoms with Gasteiger partial charge in [-0.15, -0.1) is 0 Å². The summed E-state index contributed by atoms with van der Waals surface area (Å²) in [4.78, 5) is 2.27. The molecule has 2 heterocycles. The molecule has 0 saturated carbocycles. The maximum Gasteiger partial charge on any atom is 0.122 e. The van der Waals surface area contributed by atoms with Gasteiger partial charge in [-0.2, -0.15) is 0 Å². The molecule has 1 aliphatic heterocycles. The lowest BCUT2D eigenvalue weighted by Gasteiger charge is -2.30. The van der Waals surface area contributed by atoms with Crippen LogP contribution in [0.25, 0.3) is 0 Å². The second-order valence-electron chi connectivity index (χ2n) is 4.38. The molecule has 1 saturated heterocycles. The minimum atomic E-state index is 0.153. The van der Waals surface area contributed by atoms with Crippen LogP contribution in [0.2, 0.25) is 0 Å². The van der Waals surface area contributed by atoms with Crippen molar-refractivity contribution in [2.45, 2.75) is 25.4 Å². The summed E-state index contributed by atoms with van der Waals surface area (Å²) >= 11 is 0. The van der Waals surface area contributed by atoms with E-state index >= 15 is 0 Å². The van der Waals surface area contributed by atoms with Crippen molar-refractivity contribution in [2.75, 3.05) is 26.8 Å². The van der Waals surface area contributed by atoms with Gasteiger partial charge in [-0.05, 0) is 32.5 Å². The zero-order valence-corrected chi connectivity index (χ0v) is 9.98. The van der Waals surface area contributed by atoms with Crippen LogP contribution in [0.4, 0.5) is 0 Å². The van der Waals surface area contributed by atoms with Crippen LogP contribution in [-0.2, 0) is 4.74 Å². The lowest BCUT2D eigenvalue weighted by atomic mass is 10.1. The summed E-state index contributed by atoms with van der Waals surface area (Å²) in [5.41, 5.74) is 5.84. The van der Waals surface area contributed by atoms with Crippen LogP contribution in [0.1, 0.15) is 24.0 Å². The molecular formula is C12H20N2O2. The van der Waals surface area contributed by atoms with E-state index in [9.17, 15) is 0 Å². The number of hydrogen-bond acceptors (Lipinski definition) is 4. The number of furan rings is 1. The second-order valence-corrected chi connectivity index (χ2v) is 4.38. The van der Waals surface area contributed by atoms with Gasteiger partial charge in [0.15, 0.2) is 0 Å². The minimum absolute atomic E-state index is 0.153. The lowest BCUT2D eigenvalue weighted by molar-refractivity contribution is 0.125. The number of likely N-dealkylation sites (N-methyl/N-ethyl adjacent to an activating group) is 1. The van der Waals surface area contributed by atoms with Crippen LogP contribution in [0.15, 0.2) is 16.5 Å². The Morgan fingerprint density at radius 1 is 1.56 bits per heavy atom. The fourth-order valence-electron chi connectivity index (χ4n) is 2.21. The minimum Gasteiger partial charge on any atom is -0.465 e. The Morgan fingerprint density at radius 2 is 2.38 bits per heavy atom. The van der Waals surface area contributed by atoms with Crippen molar-refractivity contribution in [3.05, 3.63) is 23.7 Å². The predicted molar refractivity (Wildman–Crippen MR) is 62.2 cm³/mol. The Labute approximate surface area is 96.4 Å². The van der Waals surface area contributed by atoms with Gasteiger partial charge < -0.3 is 14.9 Å². The van der Waals surface area contributed by atoms with Crippen molar-refractivity contribution in [3.63, 3.8) is 0 Å². The molecule has 0 radical (unpaired) electrons. The third-order valence-corrected chi connectivity index (χ3v) is 3.29. The number of ether oxygens (including phenoxy) is 1. The summed E-state index contributed by atoms with van der Waals surface area (Å²) < 4.78 is 11.1. The van der Waals surface area contributed by atoms with Gasteiger partial charge >= 0.3 is 0 Å². The van der Waals surface area contributed by atoms with Crippen LogP contribution < -0.4 is 5.73 Å². The quantitative estimate of drug-likeness (QED) is 0.837. The Hall–Kier alpha value is -0.840. The molecule has 4 nitrogen and oxygen atoms in total. The molecule has 2 atom stereocenters. The van der Waals surface area contributed by atoms with Gasteiger partial charge in [0, 0.05) is 19.2 Å². The smallest absolute Gasteiger partial charge is 0.122 e. The van der Waals surface area contributed by atoms with E-state index in [1.54, 1.807) is 0 Å². The Balaban J connectivity index is 2.09. The molecule has 16 heavy (non-hydrogen) atoms. The third kappa shape index (κ3) is 2.29. The summed E-state index contributed by atoms with van der Waals surface area (Å²) in [5, 5.41) is 0. The van der Waals surface area contributed by atoms with Crippen LogP contribution in [-0.4, -0.2) is 37.7 Å². The molecule has 0 amide bonds. The zero-order valence-electron chi connectivity index (χ0n) is 9.98. The summed E-state index contributed by atoms with van der Waals surface area (Å²) in [7, 11) is 2.09. The van der Waals surface area contributed by atoms with E-state index < -0.39 is 0 Å². The molecule has 0 aromatic carbocycles. The SMILES string of the molecule is Cc1ccc(C(CN)N(C)C2CCOC2)o1. The molecule has 0 spiro atoms.